The van der Waals surface area contributed by atoms with Crippen molar-refractivity contribution < 1.29 is 0 Å². The molecule has 0 saturated carbocycles. The molecule has 1 unspecified atom stereocenters. The first-order chi connectivity index (χ1) is 6.68. The summed E-state index contributed by atoms with van der Waals surface area (Å²) in [5.74, 6) is 2.57. The van der Waals surface area contributed by atoms with Gasteiger partial charge < -0.3 is 5.32 Å². The first-order valence-corrected chi connectivity index (χ1v) is 7.12. The Kier molecular flexibility index (Phi) is 8.80. The lowest BCUT2D eigenvalue weighted by Crippen LogP contribution is -2.32. The van der Waals surface area contributed by atoms with Gasteiger partial charge in [0.1, 0.15) is 0 Å². The molecular weight excluding hydrogens is 190 g/mol. The molecule has 1 nitrogen and oxygen atoms in total. The molecule has 0 aliphatic carbocycles. The second-order valence-electron chi connectivity index (χ2n) is 4.29. The second kappa shape index (κ2) is 8.60. The van der Waals surface area contributed by atoms with Crippen molar-refractivity contribution in [2.45, 2.75) is 47.0 Å². The molecule has 0 fully saturated rings. The summed E-state index contributed by atoms with van der Waals surface area (Å²) in [5, 5.41) is 3.54. The minimum atomic E-state index is 0.511. The maximum atomic E-state index is 3.54. The minimum Gasteiger partial charge on any atom is -0.316 e. The predicted molar refractivity (Wildman–Crippen MR) is 69.2 cm³/mol. The average molecular weight is 217 g/mol. The molecule has 14 heavy (non-hydrogen) atoms. The molecule has 0 aliphatic rings. The third-order valence-corrected chi connectivity index (χ3v) is 3.79. The van der Waals surface area contributed by atoms with Crippen LogP contribution in [0, 0.1) is 5.41 Å². The van der Waals surface area contributed by atoms with Gasteiger partial charge in [0.15, 0.2) is 0 Å². The smallest absolute Gasteiger partial charge is 0.000535 e. The molecule has 0 bridgehead atoms. The third kappa shape index (κ3) is 6.72. The van der Waals surface area contributed by atoms with Crippen LogP contribution in [0.25, 0.3) is 0 Å². The predicted octanol–water partition coefficient (Wildman–Crippen LogP) is 3.55. The Labute approximate surface area is 94.4 Å². The first-order valence-electron chi connectivity index (χ1n) is 5.97. The van der Waals surface area contributed by atoms with Crippen LogP contribution in [0.4, 0.5) is 0 Å². The van der Waals surface area contributed by atoms with E-state index in [0.29, 0.717) is 5.41 Å². The van der Waals surface area contributed by atoms with Crippen molar-refractivity contribution in [3.8, 4) is 0 Å². The van der Waals surface area contributed by atoms with Crippen LogP contribution in [0.15, 0.2) is 0 Å². The largest absolute Gasteiger partial charge is 0.316 e. The molecule has 1 N–H and O–H groups in total. The molecule has 86 valence electrons. The Hall–Kier alpha value is 0.310. The minimum absolute atomic E-state index is 0.511. The van der Waals surface area contributed by atoms with Crippen molar-refractivity contribution >= 4 is 11.8 Å². The van der Waals surface area contributed by atoms with Crippen LogP contribution in [-0.2, 0) is 0 Å². The quantitative estimate of drug-likeness (QED) is 0.593. The highest BCUT2D eigenvalue weighted by molar-refractivity contribution is 7.99. The standard InChI is InChI=1S/C12H27NS/c1-5-9-13-11-12(4,6-2)8-10-14-7-3/h13H,5-11H2,1-4H3. The van der Waals surface area contributed by atoms with Gasteiger partial charge in [-0.3, -0.25) is 0 Å². The average Bonchev–Trinajstić information content (AvgIpc) is 2.19. The highest BCUT2D eigenvalue weighted by Gasteiger charge is 2.20. The van der Waals surface area contributed by atoms with Crippen molar-refractivity contribution in [3.63, 3.8) is 0 Å². The highest BCUT2D eigenvalue weighted by atomic mass is 32.2. The lowest BCUT2D eigenvalue weighted by Gasteiger charge is -2.28. The summed E-state index contributed by atoms with van der Waals surface area (Å²) < 4.78 is 0. The van der Waals surface area contributed by atoms with E-state index in [-0.39, 0.29) is 0 Å². The van der Waals surface area contributed by atoms with E-state index in [1.165, 1.54) is 37.3 Å². The van der Waals surface area contributed by atoms with E-state index in [0.717, 1.165) is 6.54 Å². The van der Waals surface area contributed by atoms with Crippen molar-refractivity contribution in [1.29, 1.82) is 0 Å². The Balaban J connectivity index is 3.67. The van der Waals surface area contributed by atoms with Gasteiger partial charge in [-0.1, -0.05) is 27.7 Å². The van der Waals surface area contributed by atoms with Gasteiger partial charge in [-0.15, -0.1) is 0 Å². The molecular formula is C12H27NS. The Morgan fingerprint density at radius 1 is 1.21 bits per heavy atom. The summed E-state index contributed by atoms with van der Waals surface area (Å²) in [4.78, 5) is 0. The lowest BCUT2D eigenvalue weighted by atomic mass is 9.84. The van der Waals surface area contributed by atoms with Gasteiger partial charge in [0.05, 0.1) is 0 Å². The summed E-state index contributed by atoms with van der Waals surface area (Å²) in [7, 11) is 0. The van der Waals surface area contributed by atoms with Crippen LogP contribution < -0.4 is 5.32 Å². The fraction of sp³-hybridized carbons (Fsp3) is 1.00. The first kappa shape index (κ1) is 14.3. The fourth-order valence-corrected chi connectivity index (χ4v) is 2.35. The number of hydrogen-bond donors (Lipinski definition) is 1. The molecule has 0 aromatic heterocycles. The van der Waals surface area contributed by atoms with Crippen LogP contribution in [0.5, 0.6) is 0 Å². The van der Waals surface area contributed by atoms with Gasteiger partial charge in [-0.2, -0.15) is 11.8 Å². The number of rotatable bonds is 9. The Morgan fingerprint density at radius 3 is 2.43 bits per heavy atom. The zero-order valence-corrected chi connectivity index (χ0v) is 11.2. The van der Waals surface area contributed by atoms with Crippen LogP contribution in [0.1, 0.15) is 47.0 Å². The second-order valence-corrected chi connectivity index (χ2v) is 5.68. The van der Waals surface area contributed by atoms with Crippen LogP contribution in [-0.4, -0.2) is 24.6 Å². The van der Waals surface area contributed by atoms with E-state index in [9.17, 15) is 0 Å². The number of nitrogens with one attached hydrogen (secondary N) is 1. The van der Waals surface area contributed by atoms with Crippen molar-refractivity contribution in [3.05, 3.63) is 0 Å². The highest BCUT2D eigenvalue weighted by Crippen LogP contribution is 2.26. The maximum absolute atomic E-state index is 3.54. The van der Waals surface area contributed by atoms with Crippen molar-refractivity contribution in [2.24, 2.45) is 5.41 Å². The summed E-state index contributed by atoms with van der Waals surface area (Å²) in [5.41, 5.74) is 0.511. The van der Waals surface area contributed by atoms with E-state index < -0.39 is 0 Å². The van der Waals surface area contributed by atoms with Crippen LogP contribution in [0.2, 0.25) is 0 Å². The molecule has 0 aromatic carbocycles. The van der Waals surface area contributed by atoms with Crippen LogP contribution in [0.3, 0.4) is 0 Å². The molecule has 0 saturated heterocycles. The van der Waals surface area contributed by atoms with E-state index >= 15 is 0 Å². The van der Waals surface area contributed by atoms with E-state index in [2.05, 4.69) is 44.8 Å². The van der Waals surface area contributed by atoms with Crippen molar-refractivity contribution in [2.75, 3.05) is 24.6 Å². The van der Waals surface area contributed by atoms with Gasteiger partial charge >= 0.3 is 0 Å². The maximum Gasteiger partial charge on any atom is 0.000535 e. The zero-order valence-electron chi connectivity index (χ0n) is 10.4. The van der Waals surface area contributed by atoms with E-state index in [1.807, 2.05) is 0 Å². The van der Waals surface area contributed by atoms with Crippen molar-refractivity contribution in [1.82, 2.24) is 5.32 Å². The fourth-order valence-electron chi connectivity index (χ4n) is 1.42. The monoisotopic (exact) mass is 217 g/mol. The van der Waals surface area contributed by atoms with Gasteiger partial charge in [-0.25, -0.2) is 0 Å². The Bertz CT molecular complexity index is 115. The van der Waals surface area contributed by atoms with Gasteiger partial charge in [0.2, 0.25) is 0 Å². The molecule has 0 heterocycles. The van der Waals surface area contributed by atoms with Crippen LogP contribution >= 0.6 is 11.8 Å². The lowest BCUT2D eigenvalue weighted by molar-refractivity contribution is 0.284. The molecule has 0 radical (unpaired) electrons. The molecule has 0 rings (SSSR count). The number of hydrogen-bond acceptors (Lipinski definition) is 2. The zero-order chi connectivity index (χ0) is 10.9. The molecule has 1 atom stereocenters. The SMILES string of the molecule is CCCNCC(C)(CC)CCSCC. The molecule has 2 heteroatoms. The van der Waals surface area contributed by atoms with Gasteiger partial charge in [0.25, 0.3) is 0 Å². The van der Waals surface area contributed by atoms with E-state index in [1.54, 1.807) is 0 Å². The summed E-state index contributed by atoms with van der Waals surface area (Å²) in [6.45, 7) is 11.5. The van der Waals surface area contributed by atoms with E-state index in [4.69, 9.17) is 0 Å². The molecule has 0 spiro atoms. The van der Waals surface area contributed by atoms with Gasteiger partial charge in [-0.05, 0) is 42.7 Å². The summed E-state index contributed by atoms with van der Waals surface area (Å²) in [6.07, 6.45) is 3.87. The topological polar surface area (TPSA) is 12.0 Å². The molecule has 0 amide bonds. The molecule has 0 aromatic rings. The van der Waals surface area contributed by atoms with Gasteiger partial charge in [0, 0.05) is 6.54 Å². The normalized spacial score (nSPS) is 15.4. The third-order valence-electron chi connectivity index (χ3n) is 2.89. The number of thioether (sulfide) groups is 1. The summed E-state index contributed by atoms with van der Waals surface area (Å²) in [6, 6.07) is 0. The summed E-state index contributed by atoms with van der Waals surface area (Å²) >= 11 is 2.06. The molecule has 0 aliphatic heterocycles. The Morgan fingerprint density at radius 2 is 1.93 bits per heavy atom.